The number of hydrogen-bond acceptors (Lipinski definition) is 2. The van der Waals surface area contributed by atoms with Gasteiger partial charge in [0.05, 0.1) is 16.7 Å². The number of unbranched alkanes of at least 4 members (excludes halogenated alkanes) is 2. The standard InChI is InChI=1S/C19H23N3.C5H12/c1-6-15-14(7-8-16(21-15)11(2)3)18-12(4)9-17-19(22-18)13(5)10-20-17;1-3-5-4-2/h7-11,20H,6H2,1-5H3;3-5H2,1-2H3. The van der Waals surface area contributed by atoms with Crippen molar-refractivity contribution in [2.45, 2.75) is 80.1 Å². The van der Waals surface area contributed by atoms with E-state index in [-0.39, 0.29) is 0 Å². The van der Waals surface area contributed by atoms with Crippen molar-refractivity contribution in [3.8, 4) is 11.3 Å². The van der Waals surface area contributed by atoms with E-state index >= 15 is 0 Å². The zero-order chi connectivity index (χ0) is 20.0. The summed E-state index contributed by atoms with van der Waals surface area (Å²) in [7, 11) is 0. The van der Waals surface area contributed by atoms with Gasteiger partial charge in [-0.2, -0.15) is 0 Å². The lowest BCUT2D eigenvalue weighted by Gasteiger charge is -2.13. The van der Waals surface area contributed by atoms with Crippen molar-refractivity contribution in [2.75, 3.05) is 0 Å². The Morgan fingerprint density at radius 2 is 1.67 bits per heavy atom. The van der Waals surface area contributed by atoms with Crippen LogP contribution in [-0.2, 0) is 6.42 Å². The number of H-pyrrole nitrogens is 1. The summed E-state index contributed by atoms with van der Waals surface area (Å²) in [5, 5.41) is 0. The van der Waals surface area contributed by atoms with Crippen molar-refractivity contribution >= 4 is 11.0 Å². The van der Waals surface area contributed by atoms with Crippen molar-refractivity contribution in [1.82, 2.24) is 15.0 Å². The first-order valence-corrected chi connectivity index (χ1v) is 10.4. The predicted octanol–water partition coefficient (Wildman–Crippen LogP) is 7.12. The van der Waals surface area contributed by atoms with Gasteiger partial charge < -0.3 is 4.98 Å². The lowest BCUT2D eigenvalue weighted by Crippen LogP contribution is -2.01. The molecule has 1 N–H and O–H groups in total. The molecule has 3 aromatic heterocycles. The van der Waals surface area contributed by atoms with Crippen molar-refractivity contribution in [3.63, 3.8) is 0 Å². The van der Waals surface area contributed by atoms with E-state index in [0.29, 0.717) is 5.92 Å². The van der Waals surface area contributed by atoms with Gasteiger partial charge >= 0.3 is 0 Å². The van der Waals surface area contributed by atoms with Crippen LogP contribution in [0.1, 0.15) is 82.3 Å². The molecule has 0 spiro atoms. The van der Waals surface area contributed by atoms with Gasteiger partial charge in [0.2, 0.25) is 0 Å². The Labute approximate surface area is 164 Å². The van der Waals surface area contributed by atoms with Gasteiger partial charge in [-0.25, -0.2) is 4.98 Å². The maximum Gasteiger partial charge on any atom is 0.0915 e. The Bertz CT molecular complexity index is 873. The fourth-order valence-corrected chi connectivity index (χ4v) is 3.23. The summed E-state index contributed by atoms with van der Waals surface area (Å²) in [5.74, 6) is 0.447. The van der Waals surface area contributed by atoms with Crippen LogP contribution in [0.2, 0.25) is 0 Å². The van der Waals surface area contributed by atoms with Crippen LogP contribution in [0.15, 0.2) is 24.4 Å². The molecule has 0 atom stereocenters. The van der Waals surface area contributed by atoms with Crippen LogP contribution in [0, 0.1) is 13.8 Å². The second kappa shape index (κ2) is 9.68. The second-order valence-corrected chi connectivity index (χ2v) is 7.61. The quantitative estimate of drug-likeness (QED) is 0.523. The summed E-state index contributed by atoms with van der Waals surface area (Å²) >= 11 is 0. The molecule has 0 radical (unpaired) electrons. The molecular formula is C24H35N3. The fraction of sp³-hybridized carbons (Fsp3) is 0.500. The van der Waals surface area contributed by atoms with E-state index in [9.17, 15) is 0 Å². The molecule has 0 bridgehead atoms. The zero-order valence-electron chi connectivity index (χ0n) is 18.1. The summed E-state index contributed by atoms with van der Waals surface area (Å²) in [6.45, 7) is 15.2. The number of pyridine rings is 2. The molecule has 0 aromatic carbocycles. The Balaban J connectivity index is 0.000000465. The van der Waals surface area contributed by atoms with E-state index in [1.165, 1.54) is 30.4 Å². The molecule has 0 aliphatic rings. The lowest BCUT2D eigenvalue weighted by molar-refractivity contribution is 0.772. The van der Waals surface area contributed by atoms with Gasteiger partial charge in [0, 0.05) is 23.1 Å². The SMILES string of the molecule is CCCCC.CCc1nc(C(C)C)ccc1-c1nc2c(C)c[nH]c2cc1C. The summed E-state index contributed by atoms with van der Waals surface area (Å²) in [6, 6.07) is 6.50. The van der Waals surface area contributed by atoms with Crippen molar-refractivity contribution in [2.24, 2.45) is 0 Å². The molecule has 0 saturated carbocycles. The zero-order valence-corrected chi connectivity index (χ0v) is 18.1. The second-order valence-electron chi connectivity index (χ2n) is 7.61. The van der Waals surface area contributed by atoms with Crippen LogP contribution >= 0.6 is 0 Å². The van der Waals surface area contributed by atoms with Gasteiger partial charge in [0.25, 0.3) is 0 Å². The molecule has 3 aromatic rings. The van der Waals surface area contributed by atoms with Crippen LogP contribution in [0.4, 0.5) is 0 Å². The van der Waals surface area contributed by atoms with Crippen LogP contribution < -0.4 is 0 Å². The topological polar surface area (TPSA) is 41.6 Å². The number of aromatic nitrogens is 3. The van der Waals surface area contributed by atoms with Gasteiger partial charge in [-0.1, -0.05) is 53.9 Å². The first-order chi connectivity index (χ1) is 12.9. The number of nitrogens with one attached hydrogen (secondary N) is 1. The number of nitrogens with zero attached hydrogens (tertiary/aromatic N) is 2. The van der Waals surface area contributed by atoms with Crippen LogP contribution in [0.5, 0.6) is 0 Å². The molecule has 0 fully saturated rings. The Hall–Kier alpha value is -2.16. The molecular weight excluding hydrogens is 330 g/mol. The summed E-state index contributed by atoms with van der Waals surface area (Å²) in [6.07, 6.45) is 7.01. The molecule has 3 heteroatoms. The maximum atomic E-state index is 4.92. The molecule has 3 heterocycles. The van der Waals surface area contributed by atoms with Crippen LogP contribution in [0.25, 0.3) is 22.3 Å². The average molecular weight is 366 g/mol. The van der Waals surface area contributed by atoms with E-state index in [1.54, 1.807) is 0 Å². The van der Waals surface area contributed by atoms with E-state index < -0.39 is 0 Å². The highest BCUT2D eigenvalue weighted by atomic mass is 14.8. The summed E-state index contributed by atoms with van der Waals surface area (Å²) in [4.78, 5) is 13.0. The van der Waals surface area contributed by atoms with Crippen molar-refractivity contribution in [3.05, 3.63) is 46.9 Å². The molecule has 3 rings (SSSR count). The van der Waals surface area contributed by atoms with Gasteiger partial charge in [-0.05, 0) is 55.5 Å². The summed E-state index contributed by atoms with van der Waals surface area (Å²) in [5.41, 5.74) is 9.01. The van der Waals surface area contributed by atoms with Crippen LogP contribution in [-0.4, -0.2) is 15.0 Å². The first-order valence-electron chi connectivity index (χ1n) is 10.4. The van der Waals surface area contributed by atoms with Gasteiger partial charge in [0.1, 0.15) is 0 Å². The third-order valence-corrected chi connectivity index (χ3v) is 4.92. The number of rotatable bonds is 5. The van der Waals surface area contributed by atoms with E-state index in [1.807, 2.05) is 6.20 Å². The Morgan fingerprint density at radius 1 is 0.963 bits per heavy atom. The number of aromatic amines is 1. The minimum atomic E-state index is 0.447. The van der Waals surface area contributed by atoms with Crippen molar-refractivity contribution in [1.29, 1.82) is 0 Å². The Morgan fingerprint density at radius 3 is 2.22 bits per heavy atom. The molecule has 0 aliphatic carbocycles. The molecule has 146 valence electrons. The predicted molar refractivity (Wildman–Crippen MR) is 117 cm³/mol. The summed E-state index contributed by atoms with van der Waals surface area (Å²) < 4.78 is 0. The number of aryl methyl sites for hydroxylation is 3. The highest BCUT2D eigenvalue weighted by Gasteiger charge is 2.14. The fourth-order valence-electron chi connectivity index (χ4n) is 3.23. The van der Waals surface area contributed by atoms with E-state index in [0.717, 1.165) is 40.1 Å². The normalized spacial score (nSPS) is 11.0. The lowest BCUT2D eigenvalue weighted by atomic mass is 10.0. The molecule has 27 heavy (non-hydrogen) atoms. The molecule has 3 nitrogen and oxygen atoms in total. The largest absolute Gasteiger partial charge is 0.360 e. The Kier molecular flexibility index (Phi) is 7.58. The molecule has 0 aliphatic heterocycles. The smallest absolute Gasteiger partial charge is 0.0915 e. The third-order valence-electron chi connectivity index (χ3n) is 4.92. The van der Waals surface area contributed by atoms with Gasteiger partial charge in [-0.15, -0.1) is 0 Å². The highest BCUT2D eigenvalue weighted by molar-refractivity contribution is 5.83. The minimum absolute atomic E-state index is 0.447. The number of hydrogen-bond donors (Lipinski definition) is 1. The first kappa shape index (κ1) is 21.1. The van der Waals surface area contributed by atoms with E-state index in [2.05, 4.69) is 71.6 Å². The van der Waals surface area contributed by atoms with Crippen molar-refractivity contribution < 1.29 is 0 Å². The maximum absolute atomic E-state index is 4.92. The highest BCUT2D eigenvalue weighted by Crippen LogP contribution is 2.29. The van der Waals surface area contributed by atoms with Gasteiger partial charge in [-0.3, -0.25) is 4.98 Å². The van der Waals surface area contributed by atoms with E-state index in [4.69, 9.17) is 9.97 Å². The number of fused-ring (bicyclic) bond motifs is 1. The molecule has 0 amide bonds. The van der Waals surface area contributed by atoms with Crippen LogP contribution in [0.3, 0.4) is 0 Å². The average Bonchev–Trinajstić information content (AvgIpc) is 3.01. The molecule has 0 saturated heterocycles. The van der Waals surface area contributed by atoms with Gasteiger partial charge in [0.15, 0.2) is 0 Å². The molecule has 0 unspecified atom stereocenters. The minimum Gasteiger partial charge on any atom is -0.360 e. The monoisotopic (exact) mass is 365 g/mol. The third kappa shape index (κ3) is 4.97.